The fourth-order valence-electron chi connectivity index (χ4n) is 1.22. The molecule has 0 saturated heterocycles. The predicted octanol–water partition coefficient (Wildman–Crippen LogP) is 0.319. The highest BCUT2D eigenvalue weighted by molar-refractivity contribution is 5.85. The van der Waals surface area contributed by atoms with Gasteiger partial charge in [0.2, 0.25) is 5.91 Å². The van der Waals surface area contributed by atoms with E-state index in [9.17, 15) is 9.59 Å². The molecule has 94 valence electrons. The van der Waals surface area contributed by atoms with Gasteiger partial charge in [-0.05, 0) is 12.3 Å². The predicted molar refractivity (Wildman–Crippen MR) is 59.7 cm³/mol. The first-order valence-corrected chi connectivity index (χ1v) is 5.41. The van der Waals surface area contributed by atoms with Crippen LogP contribution in [0.5, 0.6) is 0 Å². The van der Waals surface area contributed by atoms with Crippen LogP contribution >= 0.6 is 0 Å². The van der Waals surface area contributed by atoms with Crippen molar-refractivity contribution in [2.45, 2.75) is 33.2 Å². The molecule has 2 atom stereocenters. The Morgan fingerprint density at radius 3 is 2.25 bits per heavy atom. The molecule has 0 aromatic rings. The zero-order valence-corrected chi connectivity index (χ0v) is 10.3. The van der Waals surface area contributed by atoms with Crippen LogP contribution in [0.15, 0.2) is 0 Å². The van der Waals surface area contributed by atoms with Crippen molar-refractivity contribution in [3.8, 4) is 0 Å². The summed E-state index contributed by atoms with van der Waals surface area (Å²) in [5.41, 5.74) is 0. The number of carbonyl (C=O) groups excluding carboxylic acids is 2. The molecule has 0 saturated carbocycles. The van der Waals surface area contributed by atoms with E-state index in [0.717, 1.165) is 0 Å². The summed E-state index contributed by atoms with van der Waals surface area (Å²) in [6.45, 7) is 5.27. The Hall–Kier alpha value is -1.10. The Morgan fingerprint density at radius 1 is 1.31 bits per heavy atom. The van der Waals surface area contributed by atoms with Crippen LogP contribution in [0.25, 0.3) is 0 Å². The van der Waals surface area contributed by atoms with E-state index in [1.165, 1.54) is 7.11 Å². The molecule has 0 aliphatic rings. The van der Waals surface area contributed by atoms with E-state index in [1.807, 2.05) is 13.8 Å². The highest BCUT2D eigenvalue weighted by Crippen LogP contribution is 2.07. The molecule has 1 amide bonds. The van der Waals surface area contributed by atoms with Crippen molar-refractivity contribution in [2.75, 3.05) is 13.7 Å². The fraction of sp³-hybridized carbons (Fsp3) is 0.818. The van der Waals surface area contributed by atoms with Gasteiger partial charge in [0.05, 0.1) is 19.6 Å². The minimum Gasteiger partial charge on any atom is -0.467 e. The number of methoxy groups -OCH3 is 1. The van der Waals surface area contributed by atoms with Gasteiger partial charge in [-0.15, -0.1) is 0 Å². The van der Waals surface area contributed by atoms with E-state index in [-0.39, 0.29) is 18.4 Å². The zero-order chi connectivity index (χ0) is 12.7. The molecule has 16 heavy (non-hydrogen) atoms. The van der Waals surface area contributed by atoms with Gasteiger partial charge in [0.25, 0.3) is 0 Å². The van der Waals surface area contributed by atoms with E-state index < -0.39 is 17.9 Å². The second-order valence-corrected chi connectivity index (χ2v) is 4.30. The highest BCUT2D eigenvalue weighted by Gasteiger charge is 2.24. The van der Waals surface area contributed by atoms with Crippen molar-refractivity contribution >= 4 is 11.9 Å². The smallest absolute Gasteiger partial charge is 0.328 e. The molecule has 0 radical (unpaired) electrons. The van der Waals surface area contributed by atoms with Crippen molar-refractivity contribution in [1.82, 2.24) is 5.32 Å². The molecule has 0 heterocycles. The number of rotatable bonds is 6. The van der Waals surface area contributed by atoms with Crippen molar-refractivity contribution in [2.24, 2.45) is 11.8 Å². The topological polar surface area (TPSA) is 75.6 Å². The van der Waals surface area contributed by atoms with Crippen LogP contribution in [-0.4, -0.2) is 36.7 Å². The molecule has 0 unspecified atom stereocenters. The Morgan fingerprint density at radius 2 is 1.88 bits per heavy atom. The van der Waals surface area contributed by atoms with E-state index in [4.69, 9.17) is 5.11 Å². The van der Waals surface area contributed by atoms with Gasteiger partial charge in [-0.1, -0.05) is 20.8 Å². The maximum atomic E-state index is 11.5. The van der Waals surface area contributed by atoms with Gasteiger partial charge in [0.1, 0.15) is 6.04 Å². The fourth-order valence-corrected chi connectivity index (χ4v) is 1.22. The second-order valence-electron chi connectivity index (χ2n) is 4.30. The Balaban J connectivity index is 4.42. The number of hydrogen-bond donors (Lipinski definition) is 2. The lowest BCUT2D eigenvalue weighted by atomic mass is 10.0. The van der Waals surface area contributed by atoms with Gasteiger partial charge in [-0.25, -0.2) is 4.79 Å². The summed E-state index contributed by atoms with van der Waals surface area (Å²) in [6.07, 6.45) is 0.524. The standard InChI is InChI=1S/C11H21NO4/c1-7(2)5-9(11(15)16-4)12-10(14)8(3)6-13/h7-9,13H,5-6H2,1-4H3,(H,12,14)/t8-,9-/m0/s1. The zero-order valence-electron chi connectivity index (χ0n) is 10.3. The molecule has 0 spiro atoms. The molecule has 2 N–H and O–H groups in total. The van der Waals surface area contributed by atoms with E-state index in [2.05, 4.69) is 10.1 Å². The number of ether oxygens (including phenoxy) is 1. The van der Waals surface area contributed by atoms with Gasteiger partial charge < -0.3 is 15.2 Å². The summed E-state index contributed by atoms with van der Waals surface area (Å²) in [5.74, 6) is -1.03. The number of amides is 1. The van der Waals surface area contributed by atoms with Crippen LogP contribution in [0.2, 0.25) is 0 Å². The first kappa shape index (κ1) is 14.9. The summed E-state index contributed by atoms with van der Waals surface area (Å²) in [7, 11) is 1.29. The second kappa shape index (κ2) is 7.22. The molecular formula is C11H21NO4. The lowest BCUT2D eigenvalue weighted by Crippen LogP contribution is -2.45. The molecule has 0 rings (SSSR count). The van der Waals surface area contributed by atoms with Gasteiger partial charge in [-0.3, -0.25) is 4.79 Å². The van der Waals surface area contributed by atoms with Crippen LogP contribution in [0.4, 0.5) is 0 Å². The van der Waals surface area contributed by atoms with Crippen LogP contribution < -0.4 is 5.32 Å². The Bertz CT molecular complexity index is 240. The third-order valence-corrected chi connectivity index (χ3v) is 2.23. The molecule has 0 bridgehead atoms. The normalized spacial score (nSPS) is 14.4. The summed E-state index contributed by atoms with van der Waals surface area (Å²) in [5, 5.41) is 11.4. The Labute approximate surface area is 96.2 Å². The van der Waals surface area contributed by atoms with E-state index >= 15 is 0 Å². The SMILES string of the molecule is COC(=O)[C@H](CC(C)C)NC(=O)[C@@H](C)CO. The third-order valence-electron chi connectivity index (χ3n) is 2.23. The maximum Gasteiger partial charge on any atom is 0.328 e. The highest BCUT2D eigenvalue weighted by atomic mass is 16.5. The average molecular weight is 231 g/mol. The number of hydrogen-bond acceptors (Lipinski definition) is 4. The first-order chi connectivity index (χ1) is 7.42. The van der Waals surface area contributed by atoms with Crippen LogP contribution in [0.3, 0.4) is 0 Å². The number of aliphatic hydroxyl groups is 1. The number of esters is 1. The number of nitrogens with one attached hydrogen (secondary N) is 1. The summed E-state index contributed by atoms with van der Waals surface area (Å²) >= 11 is 0. The molecule has 0 aliphatic heterocycles. The third kappa shape index (κ3) is 5.11. The van der Waals surface area contributed by atoms with Crippen LogP contribution in [0, 0.1) is 11.8 Å². The minimum absolute atomic E-state index is 0.235. The first-order valence-electron chi connectivity index (χ1n) is 5.41. The molecule has 5 nitrogen and oxygen atoms in total. The van der Waals surface area contributed by atoms with Gasteiger partial charge in [-0.2, -0.15) is 0 Å². The van der Waals surface area contributed by atoms with E-state index in [0.29, 0.717) is 6.42 Å². The number of carbonyl (C=O) groups is 2. The number of aliphatic hydroxyl groups excluding tert-OH is 1. The molecular weight excluding hydrogens is 210 g/mol. The van der Waals surface area contributed by atoms with Crippen LogP contribution in [-0.2, 0) is 14.3 Å². The van der Waals surface area contributed by atoms with E-state index in [1.54, 1.807) is 6.92 Å². The van der Waals surface area contributed by atoms with Crippen molar-refractivity contribution < 1.29 is 19.4 Å². The van der Waals surface area contributed by atoms with Gasteiger partial charge >= 0.3 is 5.97 Å². The molecule has 0 aromatic heterocycles. The summed E-state index contributed by atoms with van der Waals surface area (Å²) < 4.78 is 4.61. The molecule has 0 fully saturated rings. The largest absolute Gasteiger partial charge is 0.467 e. The lowest BCUT2D eigenvalue weighted by Gasteiger charge is -2.19. The summed E-state index contributed by atoms with van der Waals surface area (Å²) in [4.78, 5) is 22.9. The van der Waals surface area contributed by atoms with Gasteiger partial charge in [0.15, 0.2) is 0 Å². The molecule has 0 aromatic carbocycles. The van der Waals surface area contributed by atoms with Crippen LogP contribution in [0.1, 0.15) is 27.2 Å². The van der Waals surface area contributed by atoms with Crippen molar-refractivity contribution in [3.05, 3.63) is 0 Å². The molecule has 0 aliphatic carbocycles. The molecule has 5 heteroatoms. The Kier molecular flexibility index (Phi) is 6.72. The minimum atomic E-state index is -0.633. The van der Waals surface area contributed by atoms with Gasteiger partial charge in [0, 0.05) is 0 Å². The monoisotopic (exact) mass is 231 g/mol. The average Bonchev–Trinajstić information content (AvgIpc) is 2.25. The quantitative estimate of drug-likeness (QED) is 0.645. The lowest BCUT2D eigenvalue weighted by molar-refractivity contribution is -0.146. The summed E-state index contributed by atoms with van der Waals surface area (Å²) in [6, 6.07) is -0.633. The maximum absolute atomic E-state index is 11.5. The van der Waals surface area contributed by atoms with Crippen molar-refractivity contribution in [3.63, 3.8) is 0 Å². The van der Waals surface area contributed by atoms with Crippen molar-refractivity contribution in [1.29, 1.82) is 0 Å².